The fourth-order valence-electron chi connectivity index (χ4n) is 2.23. The van der Waals surface area contributed by atoms with E-state index in [4.69, 9.17) is 0 Å². The van der Waals surface area contributed by atoms with E-state index in [9.17, 15) is 9.90 Å². The second-order valence-electron chi connectivity index (χ2n) is 5.88. The number of aliphatic hydroxyl groups is 1. The predicted molar refractivity (Wildman–Crippen MR) is 91.4 cm³/mol. The van der Waals surface area contributed by atoms with Crippen molar-refractivity contribution < 1.29 is 9.90 Å². The summed E-state index contributed by atoms with van der Waals surface area (Å²) in [6.07, 6.45) is 19.8. The van der Waals surface area contributed by atoms with Crippen molar-refractivity contribution in [3.05, 3.63) is 24.3 Å². The van der Waals surface area contributed by atoms with E-state index in [0.717, 1.165) is 44.9 Å². The third-order valence-corrected chi connectivity index (χ3v) is 3.58. The summed E-state index contributed by atoms with van der Waals surface area (Å²) in [5.41, 5.74) is 0. The van der Waals surface area contributed by atoms with Crippen molar-refractivity contribution in [1.82, 2.24) is 0 Å². The largest absolute Gasteiger partial charge is 0.389 e. The van der Waals surface area contributed by atoms with Crippen LogP contribution in [-0.4, -0.2) is 17.0 Å². The van der Waals surface area contributed by atoms with Gasteiger partial charge >= 0.3 is 0 Å². The van der Waals surface area contributed by atoms with Crippen molar-refractivity contribution in [1.29, 1.82) is 0 Å². The number of aliphatic hydroxyl groups excluding tert-OH is 1. The Hall–Kier alpha value is -0.890. The number of Topliss-reactive ketones (excluding diaryl/α,β-unsaturated/α-hetero) is 1. The van der Waals surface area contributed by atoms with Gasteiger partial charge in [-0.3, -0.25) is 0 Å². The van der Waals surface area contributed by atoms with Crippen molar-refractivity contribution in [2.75, 3.05) is 0 Å². The van der Waals surface area contributed by atoms with Crippen molar-refractivity contribution in [3.8, 4) is 0 Å². The van der Waals surface area contributed by atoms with E-state index in [1.807, 2.05) is 18.2 Å². The van der Waals surface area contributed by atoms with Gasteiger partial charge in [0.2, 0.25) is 0 Å². The van der Waals surface area contributed by atoms with Gasteiger partial charge < -0.3 is 9.90 Å². The Balaban J connectivity index is 3.40. The average molecular weight is 294 g/mol. The van der Waals surface area contributed by atoms with Gasteiger partial charge in [0.05, 0.1) is 6.10 Å². The molecule has 0 saturated carbocycles. The van der Waals surface area contributed by atoms with Gasteiger partial charge in [0, 0.05) is 6.42 Å². The van der Waals surface area contributed by atoms with E-state index < -0.39 is 0 Å². The molecule has 0 aliphatic heterocycles. The van der Waals surface area contributed by atoms with E-state index in [0.29, 0.717) is 5.78 Å². The first kappa shape index (κ1) is 20.1. The number of carbonyl (C=O) groups excluding carboxylic acids is 1. The molecule has 0 radical (unpaired) electrons. The lowest BCUT2D eigenvalue weighted by Gasteiger charge is -2.04. The molecule has 2 nitrogen and oxygen atoms in total. The molecule has 0 aromatic heterocycles. The summed E-state index contributed by atoms with van der Waals surface area (Å²) in [6.45, 7) is 3.87. The highest BCUT2D eigenvalue weighted by Crippen LogP contribution is 2.09. The fraction of sp³-hybridized carbons (Fsp3) is 0.737. The summed E-state index contributed by atoms with van der Waals surface area (Å²) in [5.74, 6) is 0.290. The monoisotopic (exact) mass is 294 g/mol. The van der Waals surface area contributed by atoms with Gasteiger partial charge in [-0.2, -0.15) is 0 Å². The molecule has 0 heterocycles. The molecule has 0 spiro atoms. The zero-order valence-electron chi connectivity index (χ0n) is 14.0. The molecule has 0 aromatic carbocycles. The molecule has 1 unspecified atom stereocenters. The Morgan fingerprint density at radius 3 is 2.43 bits per heavy atom. The van der Waals surface area contributed by atoms with Crippen molar-refractivity contribution in [2.45, 2.75) is 90.6 Å². The Labute approximate surface area is 131 Å². The topological polar surface area (TPSA) is 37.3 Å². The lowest BCUT2D eigenvalue weighted by Crippen LogP contribution is -2.01. The van der Waals surface area contributed by atoms with Crippen molar-refractivity contribution >= 4 is 5.78 Å². The zero-order valence-corrected chi connectivity index (χ0v) is 14.0. The van der Waals surface area contributed by atoms with Gasteiger partial charge in [0.1, 0.15) is 5.78 Å². The highest BCUT2D eigenvalue weighted by atomic mass is 16.3. The highest BCUT2D eigenvalue weighted by Gasteiger charge is 1.99. The van der Waals surface area contributed by atoms with Crippen LogP contribution in [-0.2, 0) is 4.79 Å². The van der Waals surface area contributed by atoms with E-state index in [1.165, 1.54) is 25.7 Å². The lowest BCUT2D eigenvalue weighted by molar-refractivity contribution is -0.117. The SMILES string of the molecule is CCCCC/C=C/C=C/C(O)CCCCCCCC(C)=O. The Morgan fingerprint density at radius 2 is 1.71 bits per heavy atom. The molecule has 0 aromatic rings. The van der Waals surface area contributed by atoms with E-state index in [2.05, 4.69) is 13.0 Å². The number of rotatable bonds is 14. The minimum atomic E-state index is -0.317. The Kier molecular flexibility index (Phi) is 14.8. The molecule has 0 bridgehead atoms. The summed E-state index contributed by atoms with van der Waals surface area (Å²) in [7, 11) is 0. The Bertz CT molecular complexity index is 292. The molecule has 0 saturated heterocycles. The molecule has 0 amide bonds. The van der Waals surface area contributed by atoms with Crippen LogP contribution in [0.2, 0.25) is 0 Å². The second-order valence-corrected chi connectivity index (χ2v) is 5.88. The number of ketones is 1. The molecule has 0 aliphatic rings. The summed E-state index contributed by atoms with van der Waals surface area (Å²) < 4.78 is 0. The van der Waals surface area contributed by atoms with Gasteiger partial charge in [0.15, 0.2) is 0 Å². The Morgan fingerprint density at radius 1 is 1.00 bits per heavy atom. The summed E-state index contributed by atoms with van der Waals surface area (Å²) in [5, 5.41) is 9.80. The maximum atomic E-state index is 10.8. The van der Waals surface area contributed by atoms with Crippen LogP contribution in [0, 0.1) is 0 Å². The van der Waals surface area contributed by atoms with Gasteiger partial charge in [-0.05, 0) is 32.6 Å². The normalized spacial score (nSPS) is 13.3. The minimum absolute atomic E-state index is 0.290. The molecular formula is C19H34O2. The third-order valence-electron chi connectivity index (χ3n) is 3.58. The molecule has 1 N–H and O–H groups in total. The maximum Gasteiger partial charge on any atom is 0.129 e. The summed E-state index contributed by atoms with van der Waals surface area (Å²) in [6, 6.07) is 0. The molecular weight excluding hydrogens is 260 g/mol. The van der Waals surface area contributed by atoms with E-state index >= 15 is 0 Å². The van der Waals surface area contributed by atoms with Crippen LogP contribution < -0.4 is 0 Å². The highest BCUT2D eigenvalue weighted by molar-refractivity contribution is 5.75. The van der Waals surface area contributed by atoms with Crippen LogP contribution in [0.1, 0.15) is 84.5 Å². The van der Waals surface area contributed by atoms with Crippen molar-refractivity contribution in [3.63, 3.8) is 0 Å². The molecule has 21 heavy (non-hydrogen) atoms. The van der Waals surface area contributed by atoms with Crippen LogP contribution in [0.5, 0.6) is 0 Å². The molecule has 122 valence electrons. The lowest BCUT2D eigenvalue weighted by atomic mass is 10.1. The maximum absolute atomic E-state index is 10.8. The summed E-state index contributed by atoms with van der Waals surface area (Å²) in [4.78, 5) is 10.8. The molecule has 0 aliphatic carbocycles. The van der Waals surface area contributed by atoms with Crippen LogP contribution in [0.3, 0.4) is 0 Å². The van der Waals surface area contributed by atoms with Crippen LogP contribution >= 0.6 is 0 Å². The predicted octanol–water partition coefficient (Wildman–Crippen LogP) is 5.36. The second kappa shape index (κ2) is 15.5. The van der Waals surface area contributed by atoms with Crippen LogP contribution in [0.4, 0.5) is 0 Å². The van der Waals surface area contributed by atoms with Gasteiger partial charge in [-0.1, -0.05) is 69.8 Å². The van der Waals surface area contributed by atoms with Crippen LogP contribution in [0.25, 0.3) is 0 Å². The number of carbonyl (C=O) groups is 1. The number of hydrogen-bond acceptors (Lipinski definition) is 2. The quantitative estimate of drug-likeness (QED) is 0.346. The van der Waals surface area contributed by atoms with Gasteiger partial charge in [0.25, 0.3) is 0 Å². The van der Waals surface area contributed by atoms with Gasteiger partial charge in [-0.25, -0.2) is 0 Å². The van der Waals surface area contributed by atoms with Crippen LogP contribution in [0.15, 0.2) is 24.3 Å². The smallest absolute Gasteiger partial charge is 0.129 e. The molecule has 0 fully saturated rings. The summed E-state index contributed by atoms with van der Waals surface area (Å²) >= 11 is 0. The minimum Gasteiger partial charge on any atom is -0.389 e. The first-order valence-corrected chi connectivity index (χ1v) is 8.67. The van der Waals surface area contributed by atoms with E-state index in [-0.39, 0.29) is 6.10 Å². The molecule has 1 atom stereocenters. The van der Waals surface area contributed by atoms with E-state index in [1.54, 1.807) is 6.92 Å². The zero-order chi connectivity index (χ0) is 15.8. The first-order valence-electron chi connectivity index (χ1n) is 8.67. The molecule has 0 rings (SSSR count). The standard InChI is InChI=1S/C19H34O2/c1-3-4-5-6-7-10-13-16-19(21)17-14-11-8-9-12-15-18(2)20/h7,10,13,16,19,21H,3-6,8-9,11-12,14-15,17H2,1-2H3/b10-7+,16-13+. The number of allylic oxidation sites excluding steroid dienone is 3. The third kappa shape index (κ3) is 17.1. The fourth-order valence-corrected chi connectivity index (χ4v) is 2.23. The van der Waals surface area contributed by atoms with Crippen molar-refractivity contribution in [2.24, 2.45) is 0 Å². The number of unbranched alkanes of at least 4 members (excludes halogenated alkanes) is 7. The molecule has 2 heteroatoms. The number of hydrogen-bond donors (Lipinski definition) is 1. The average Bonchev–Trinajstić information content (AvgIpc) is 2.45. The van der Waals surface area contributed by atoms with Gasteiger partial charge in [-0.15, -0.1) is 0 Å². The first-order chi connectivity index (χ1) is 10.2.